The van der Waals surface area contributed by atoms with Gasteiger partial charge in [0.2, 0.25) is 0 Å². The van der Waals surface area contributed by atoms with Gasteiger partial charge in [-0.3, -0.25) is 0 Å². The summed E-state index contributed by atoms with van der Waals surface area (Å²) in [5, 5.41) is 10.4. The van der Waals surface area contributed by atoms with E-state index in [0.29, 0.717) is 11.8 Å². The van der Waals surface area contributed by atoms with Crippen LogP contribution in [0.4, 0.5) is 0 Å². The summed E-state index contributed by atoms with van der Waals surface area (Å²) in [5.41, 5.74) is 2.43. The molecule has 0 amide bonds. The van der Waals surface area contributed by atoms with Crippen LogP contribution in [0.25, 0.3) is 0 Å². The van der Waals surface area contributed by atoms with Gasteiger partial charge in [0, 0.05) is 13.2 Å². The molecule has 2 atom stereocenters. The number of fused-ring (bicyclic) bond motifs is 1. The average Bonchev–Trinajstić information content (AvgIpc) is 2.37. The summed E-state index contributed by atoms with van der Waals surface area (Å²) in [6.07, 6.45) is 2.81. The molecule has 1 aliphatic carbocycles. The van der Waals surface area contributed by atoms with Crippen LogP contribution >= 0.6 is 0 Å². The van der Waals surface area contributed by atoms with E-state index < -0.39 is 0 Å². The number of aliphatic hydroxyl groups is 1. The van der Waals surface area contributed by atoms with E-state index in [2.05, 4.69) is 32.0 Å². The monoisotopic (exact) mass is 248 g/mol. The molecular weight excluding hydrogens is 224 g/mol. The van der Waals surface area contributed by atoms with E-state index in [0.717, 1.165) is 38.0 Å². The molecule has 2 rings (SSSR count). The molecule has 2 nitrogen and oxygen atoms in total. The van der Waals surface area contributed by atoms with E-state index in [1.165, 1.54) is 5.56 Å². The highest BCUT2D eigenvalue weighted by molar-refractivity contribution is 5.31. The van der Waals surface area contributed by atoms with Crippen LogP contribution in [0.1, 0.15) is 43.9 Å². The van der Waals surface area contributed by atoms with Crippen molar-refractivity contribution in [2.45, 2.75) is 39.2 Å². The summed E-state index contributed by atoms with van der Waals surface area (Å²) in [6, 6.07) is 8.25. The maximum atomic E-state index is 10.4. The summed E-state index contributed by atoms with van der Waals surface area (Å²) in [5.74, 6) is 0.939. The molecule has 0 aliphatic heterocycles. The zero-order chi connectivity index (χ0) is 13.0. The van der Waals surface area contributed by atoms with Crippen LogP contribution in [-0.2, 0) is 11.2 Å². The molecule has 1 aliphatic rings. The van der Waals surface area contributed by atoms with Gasteiger partial charge < -0.3 is 9.84 Å². The Morgan fingerprint density at radius 1 is 1.33 bits per heavy atom. The first-order valence-electron chi connectivity index (χ1n) is 7.02. The lowest BCUT2D eigenvalue weighted by molar-refractivity contribution is 0.0482. The van der Waals surface area contributed by atoms with Crippen molar-refractivity contribution in [1.82, 2.24) is 0 Å². The molecule has 18 heavy (non-hydrogen) atoms. The Morgan fingerprint density at radius 3 is 2.89 bits per heavy atom. The lowest BCUT2D eigenvalue weighted by atomic mass is 9.80. The topological polar surface area (TPSA) is 29.5 Å². The number of ether oxygens (including phenoxy) is 1. The first kappa shape index (κ1) is 13.6. The highest BCUT2D eigenvalue weighted by Gasteiger charge is 2.27. The summed E-state index contributed by atoms with van der Waals surface area (Å²) in [7, 11) is 0. The van der Waals surface area contributed by atoms with E-state index in [4.69, 9.17) is 4.74 Å². The fourth-order valence-electron chi connectivity index (χ4n) is 2.66. The van der Waals surface area contributed by atoms with Crippen molar-refractivity contribution < 1.29 is 9.84 Å². The van der Waals surface area contributed by atoms with Gasteiger partial charge in [-0.15, -0.1) is 0 Å². The van der Waals surface area contributed by atoms with Crippen molar-refractivity contribution >= 4 is 0 Å². The van der Waals surface area contributed by atoms with Gasteiger partial charge in [0.25, 0.3) is 0 Å². The molecule has 0 radical (unpaired) electrons. The molecule has 0 saturated heterocycles. The van der Waals surface area contributed by atoms with Crippen molar-refractivity contribution in [1.29, 1.82) is 0 Å². The Morgan fingerprint density at radius 2 is 2.11 bits per heavy atom. The number of rotatable bonds is 5. The Hall–Kier alpha value is -0.860. The van der Waals surface area contributed by atoms with Crippen molar-refractivity contribution in [2.75, 3.05) is 13.2 Å². The van der Waals surface area contributed by atoms with Crippen LogP contribution in [0.3, 0.4) is 0 Å². The van der Waals surface area contributed by atoms with E-state index in [-0.39, 0.29) is 6.10 Å². The van der Waals surface area contributed by atoms with Gasteiger partial charge in [-0.25, -0.2) is 0 Å². The van der Waals surface area contributed by atoms with E-state index in [1.807, 2.05) is 6.07 Å². The zero-order valence-electron chi connectivity index (χ0n) is 11.4. The van der Waals surface area contributed by atoms with Gasteiger partial charge in [-0.1, -0.05) is 38.1 Å². The molecule has 100 valence electrons. The SMILES string of the molecule is CC(C)COCCC1CCc2ccccc2C1O. The van der Waals surface area contributed by atoms with Gasteiger partial charge in [0.1, 0.15) is 0 Å². The third-order valence-corrected chi connectivity index (χ3v) is 3.69. The van der Waals surface area contributed by atoms with E-state index in [1.54, 1.807) is 0 Å². The molecule has 1 aromatic carbocycles. The molecule has 0 fully saturated rings. The van der Waals surface area contributed by atoms with Crippen LogP contribution in [0, 0.1) is 11.8 Å². The van der Waals surface area contributed by atoms with Crippen molar-refractivity contribution in [3.8, 4) is 0 Å². The second kappa shape index (κ2) is 6.35. The lowest BCUT2D eigenvalue weighted by Crippen LogP contribution is -2.22. The van der Waals surface area contributed by atoms with E-state index >= 15 is 0 Å². The van der Waals surface area contributed by atoms with Crippen LogP contribution in [0.2, 0.25) is 0 Å². The second-order valence-corrected chi connectivity index (χ2v) is 5.70. The second-order valence-electron chi connectivity index (χ2n) is 5.70. The summed E-state index contributed by atoms with van der Waals surface area (Å²) in [6.45, 7) is 5.90. The molecule has 0 spiro atoms. The van der Waals surface area contributed by atoms with Gasteiger partial charge in [-0.2, -0.15) is 0 Å². The van der Waals surface area contributed by atoms with Gasteiger partial charge in [-0.05, 0) is 42.2 Å². The lowest BCUT2D eigenvalue weighted by Gasteiger charge is -2.30. The number of aliphatic hydroxyl groups excluding tert-OH is 1. The van der Waals surface area contributed by atoms with Gasteiger partial charge in [0.05, 0.1) is 6.10 Å². The van der Waals surface area contributed by atoms with Gasteiger partial charge >= 0.3 is 0 Å². The maximum absolute atomic E-state index is 10.4. The summed E-state index contributed by atoms with van der Waals surface area (Å²) >= 11 is 0. The van der Waals surface area contributed by atoms with Crippen LogP contribution in [0.5, 0.6) is 0 Å². The van der Waals surface area contributed by atoms with E-state index in [9.17, 15) is 5.11 Å². The minimum absolute atomic E-state index is 0.308. The largest absolute Gasteiger partial charge is 0.388 e. The third-order valence-electron chi connectivity index (χ3n) is 3.69. The number of benzene rings is 1. The zero-order valence-corrected chi connectivity index (χ0v) is 11.4. The Balaban J connectivity index is 1.85. The van der Waals surface area contributed by atoms with Crippen LogP contribution < -0.4 is 0 Å². The highest BCUT2D eigenvalue weighted by atomic mass is 16.5. The van der Waals surface area contributed by atoms with Crippen molar-refractivity contribution in [3.05, 3.63) is 35.4 Å². The highest BCUT2D eigenvalue weighted by Crippen LogP contribution is 2.35. The Bertz CT molecular complexity index is 373. The van der Waals surface area contributed by atoms with Crippen molar-refractivity contribution in [2.24, 2.45) is 11.8 Å². The van der Waals surface area contributed by atoms with Crippen LogP contribution in [-0.4, -0.2) is 18.3 Å². The van der Waals surface area contributed by atoms with Crippen molar-refractivity contribution in [3.63, 3.8) is 0 Å². The quantitative estimate of drug-likeness (QED) is 0.810. The van der Waals surface area contributed by atoms with Crippen LogP contribution in [0.15, 0.2) is 24.3 Å². The first-order valence-corrected chi connectivity index (χ1v) is 7.02. The standard InChI is InChI=1S/C16H24O2/c1-12(2)11-18-10-9-14-8-7-13-5-3-4-6-15(13)16(14)17/h3-6,12,14,16-17H,7-11H2,1-2H3. The number of aryl methyl sites for hydroxylation is 1. The predicted octanol–water partition coefficient (Wildman–Crippen LogP) is 3.35. The summed E-state index contributed by atoms with van der Waals surface area (Å²) in [4.78, 5) is 0. The Kier molecular flexibility index (Phi) is 4.79. The predicted molar refractivity (Wildman–Crippen MR) is 73.5 cm³/mol. The number of hydrogen-bond donors (Lipinski definition) is 1. The molecule has 1 N–H and O–H groups in total. The molecule has 1 aromatic rings. The molecule has 0 saturated carbocycles. The normalized spacial score (nSPS) is 23.1. The average molecular weight is 248 g/mol. The minimum atomic E-state index is -0.308. The minimum Gasteiger partial charge on any atom is -0.388 e. The number of hydrogen-bond acceptors (Lipinski definition) is 2. The molecule has 2 unspecified atom stereocenters. The molecule has 0 bridgehead atoms. The summed E-state index contributed by atoms with van der Waals surface area (Å²) < 4.78 is 5.62. The molecule has 2 heteroatoms. The molecule has 0 heterocycles. The van der Waals surface area contributed by atoms with Gasteiger partial charge in [0.15, 0.2) is 0 Å². The first-order chi connectivity index (χ1) is 8.68. The fraction of sp³-hybridized carbons (Fsp3) is 0.625. The molecular formula is C16H24O2. The third kappa shape index (κ3) is 3.33. The smallest absolute Gasteiger partial charge is 0.0821 e. The Labute approximate surface area is 110 Å². The fourth-order valence-corrected chi connectivity index (χ4v) is 2.66. The maximum Gasteiger partial charge on any atom is 0.0821 e. The molecule has 0 aromatic heterocycles.